The van der Waals surface area contributed by atoms with Crippen molar-refractivity contribution in [1.29, 1.82) is 0 Å². The molecule has 0 bridgehead atoms. The molecule has 0 unspecified atom stereocenters. The summed E-state index contributed by atoms with van der Waals surface area (Å²) in [5.41, 5.74) is 5.55. The molecular weight excluding hydrogens is 332 g/mol. The summed E-state index contributed by atoms with van der Waals surface area (Å²) in [7, 11) is -3.59. The van der Waals surface area contributed by atoms with Gasteiger partial charge in [-0.2, -0.15) is 4.31 Å². The average molecular weight is 350 g/mol. The fourth-order valence-electron chi connectivity index (χ4n) is 2.58. The first kappa shape index (κ1) is 16.5. The second-order valence-electron chi connectivity index (χ2n) is 5.48. The monoisotopic (exact) mass is 350 g/mol. The minimum Gasteiger partial charge on any atom is -0.485 e. The molecule has 3 rings (SSSR count). The Morgan fingerprint density at radius 2 is 1.88 bits per heavy atom. The lowest BCUT2D eigenvalue weighted by Gasteiger charge is -2.12. The fraction of sp³-hybridized carbons (Fsp3) is 0.312. The van der Waals surface area contributed by atoms with Crippen molar-refractivity contribution in [1.82, 2.24) is 4.31 Å². The van der Waals surface area contributed by atoms with Crippen LogP contribution in [0, 0.1) is 0 Å². The predicted molar refractivity (Wildman–Crippen MR) is 86.0 cm³/mol. The highest BCUT2D eigenvalue weighted by Gasteiger charge is 2.30. The molecule has 0 aliphatic carbocycles. The molecule has 1 aliphatic heterocycles. The van der Waals surface area contributed by atoms with Crippen molar-refractivity contribution in [2.45, 2.75) is 24.5 Å². The molecule has 1 aromatic heterocycles. The minimum atomic E-state index is -3.59. The Morgan fingerprint density at radius 3 is 2.58 bits per heavy atom. The molecule has 1 aliphatic rings. The zero-order valence-electron chi connectivity index (χ0n) is 13.0. The van der Waals surface area contributed by atoms with Gasteiger partial charge in [-0.1, -0.05) is 12.1 Å². The van der Waals surface area contributed by atoms with Crippen LogP contribution in [0.2, 0.25) is 0 Å². The van der Waals surface area contributed by atoms with Gasteiger partial charge in [-0.3, -0.25) is 4.79 Å². The predicted octanol–water partition coefficient (Wildman–Crippen LogP) is 1.74. The number of nitrogens with two attached hydrogens (primary N) is 1. The number of sulfonamides is 1. The fourth-order valence-corrected chi connectivity index (χ4v) is 4.02. The maximum absolute atomic E-state index is 12.4. The van der Waals surface area contributed by atoms with E-state index in [9.17, 15) is 13.2 Å². The van der Waals surface area contributed by atoms with E-state index in [4.69, 9.17) is 14.9 Å². The van der Waals surface area contributed by atoms with Crippen molar-refractivity contribution in [3.05, 3.63) is 47.7 Å². The Morgan fingerprint density at radius 1 is 1.17 bits per heavy atom. The van der Waals surface area contributed by atoms with Gasteiger partial charge in [-0.15, -0.1) is 0 Å². The molecule has 1 fully saturated rings. The number of amides is 1. The number of rotatable bonds is 6. The maximum Gasteiger partial charge on any atom is 0.276 e. The Balaban J connectivity index is 1.72. The molecule has 1 saturated heterocycles. The topological polar surface area (TPSA) is 103 Å². The zero-order valence-corrected chi connectivity index (χ0v) is 13.8. The number of furan rings is 1. The highest BCUT2D eigenvalue weighted by molar-refractivity contribution is 7.89. The van der Waals surface area contributed by atoms with E-state index in [2.05, 4.69) is 0 Å². The van der Waals surface area contributed by atoms with Crippen molar-refractivity contribution < 1.29 is 22.4 Å². The van der Waals surface area contributed by atoms with Gasteiger partial charge in [0.1, 0.15) is 18.1 Å². The van der Waals surface area contributed by atoms with E-state index in [1.54, 1.807) is 30.3 Å². The van der Waals surface area contributed by atoms with Gasteiger partial charge < -0.3 is 14.9 Å². The third-order valence-corrected chi connectivity index (χ3v) is 5.59. The molecule has 24 heavy (non-hydrogen) atoms. The molecule has 1 aromatic carbocycles. The summed E-state index contributed by atoms with van der Waals surface area (Å²) in [4.78, 5) is 11.3. The van der Waals surface area contributed by atoms with Gasteiger partial charge in [0, 0.05) is 13.1 Å². The smallest absolute Gasteiger partial charge is 0.276 e. The third kappa shape index (κ3) is 3.29. The summed E-state index contributed by atoms with van der Waals surface area (Å²) in [6.45, 7) is 1.03. The number of carbonyl (C=O) groups excluding carboxylic acids is 1. The van der Waals surface area contributed by atoms with Crippen LogP contribution < -0.4 is 10.5 Å². The number of carbonyl (C=O) groups is 1. The van der Waals surface area contributed by atoms with E-state index >= 15 is 0 Å². The minimum absolute atomic E-state index is 0.000185. The van der Waals surface area contributed by atoms with Crippen LogP contribution >= 0.6 is 0 Å². The molecule has 7 nitrogen and oxygen atoms in total. The van der Waals surface area contributed by atoms with E-state index in [0.717, 1.165) is 12.8 Å². The molecule has 2 aromatic rings. The van der Waals surface area contributed by atoms with Crippen LogP contribution in [-0.4, -0.2) is 31.7 Å². The summed E-state index contributed by atoms with van der Waals surface area (Å²) in [5.74, 6) is 0.0831. The van der Waals surface area contributed by atoms with E-state index in [1.807, 2.05) is 0 Å². The molecular formula is C16H18N2O5S. The SMILES string of the molecule is NC(=O)c1ccccc1OCc1ccc(S(=O)(=O)N2CCCC2)o1. The summed E-state index contributed by atoms with van der Waals surface area (Å²) >= 11 is 0. The van der Waals surface area contributed by atoms with Gasteiger partial charge in [0.2, 0.25) is 5.09 Å². The van der Waals surface area contributed by atoms with Gasteiger partial charge in [-0.25, -0.2) is 8.42 Å². The van der Waals surface area contributed by atoms with Crippen LogP contribution in [0.25, 0.3) is 0 Å². The van der Waals surface area contributed by atoms with Crippen LogP contribution in [-0.2, 0) is 16.6 Å². The second kappa shape index (κ2) is 6.66. The van der Waals surface area contributed by atoms with Crippen molar-refractivity contribution in [3.63, 3.8) is 0 Å². The quantitative estimate of drug-likeness (QED) is 0.855. The molecule has 2 heterocycles. The molecule has 0 atom stereocenters. The van der Waals surface area contributed by atoms with Gasteiger partial charge in [0.05, 0.1) is 5.56 Å². The van der Waals surface area contributed by atoms with Gasteiger partial charge in [0.25, 0.3) is 15.9 Å². The van der Waals surface area contributed by atoms with Crippen LogP contribution in [0.15, 0.2) is 45.9 Å². The summed E-state index contributed by atoms with van der Waals surface area (Å²) in [6.07, 6.45) is 1.72. The van der Waals surface area contributed by atoms with Gasteiger partial charge in [0.15, 0.2) is 0 Å². The van der Waals surface area contributed by atoms with Crippen molar-refractivity contribution in [3.8, 4) is 5.75 Å². The number of para-hydroxylation sites is 1. The molecule has 128 valence electrons. The van der Waals surface area contributed by atoms with E-state index < -0.39 is 15.9 Å². The normalized spacial score (nSPS) is 15.5. The maximum atomic E-state index is 12.4. The highest BCUT2D eigenvalue weighted by atomic mass is 32.2. The molecule has 1 amide bonds. The first-order valence-corrected chi connectivity index (χ1v) is 9.03. The van der Waals surface area contributed by atoms with E-state index in [-0.39, 0.29) is 17.3 Å². The van der Waals surface area contributed by atoms with Crippen LogP contribution in [0.5, 0.6) is 5.75 Å². The number of ether oxygens (including phenoxy) is 1. The van der Waals surface area contributed by atoms with Crippen LogP contribution in [0.3, 0.4) is 0 Å². The lowest BCUT2D eigenvalue weighted by Crippen LogP contribution is -2.27. The zero-order chi connectivity index (χ0) is 17.2. The number of primary amides is 1. The van der Waals surface area contributed by atoms with Crippen LogP contribution in [0.1, 0.15) is 29.0 Å². The van der Waals surface area contributed by atoms with Crippen molar-refractivity contribution in [2.24, 2.45) is 5.73 Å². The molecule has 0 saturated carbocycles. The standard InChI is InChI=1S/C16H18N2O5S/c17-16(19)13-5-1-2-6-14(13)22-11-12-7-8-15(23-12)24(20,21)18-9-3-4-10-18/h1-2,5-8H,3-4,9-11H2,(H2,17,19). The Bertz CT molecular complexity index is 838. The summed E-state index contributed by atoms with van der Waals surface area (Å²) < 4.78 is 37.2. The number of nitrogens with zero attached hydrogens (tertiary/aromatic N) is 1. The van der Waals surface area contributed by atoms with Gasteiger partial charge in [-0.05, 0) is 37.1 Å². The molecule has 2 N–H and O–H groups in total. The number of hydrogen-bond donors (Lipinski definition) is 1. The van der Waals surface area contributed by atoms with Crippen molar-refractivity contribution in [2.75, 3.05) is 13.1 Å². The lowest BCUT2D eigenvalue weighted by atomic mass is 10.2. The van der Waals surface area contributed by atoms with Crippen molar-refractivity contribution >= 4 is 15.9 Å². The molecule has 8 heteroatoms. The first-order valence-electron chi connectivity index (χ1n) is 7.59. The summed E-state index contributed by atoms with van der Waals surface area (Å²) in [6, 6.07) is 9.55. The lowest BCUT2D eigenvalue weighted by molar-refractivity contribution is 0.0995. The molecule has 0 radical (unpaired) electrons. The average Bonchev–Trinajstić information content (AvgIpc) is 3.25. The third-order valence-electron chi connectivity index (χ3n) is 3.82. The highest BCUT2D eigenvalue weighted by Crippen LogP contribution is 2.24. The first-order chi connectivity index (χ1) is 11.5. The molecule has 0 spiro atoms. The van der Waals surface area contributed by atoms with Crippen LogP contribution in [0.4, 0.5) is 0 Å². The van der Waals surface area contributed by atoms with E-state index in [1.165, 1.54) is 10.4 Å². The number of benzene rings is 1. The second-order valence-corrected chi connectivity index (χ2v) is 7.35. The largest absolute Gasteiger partial charge is 0.485 e. The Hall–Kier alpha value is -2.32. The Labute approximate surface area is 140 Å². The van der Waals surface area contributed by atoms with Gasteiger partial charge >= 0.3 is 0 Å². The summed E-state index contributed by atoms with van der Waals surface area (Å²) in [5, 5.41) is -0.0915. The van der Waals surface area contributed by atoms with E-state index in [0.29, 0.717) is 24.6 Å². The number of hydrogen-bond acceptors (Lipinski definition) is 5. The Kier molecular flexibility index (Phi) is 4.59.